The molecule has 0 unspecified atom stereocenters. The molecular weight excluding hydrogens is 468 g/mol. The van der Waals surface area contributed by atoms with Crippen LogP contribution in [0.15, 0.2) is 77.2 Å². The first-order valence-corrected chi connectivity index (χ1v) is 11.3. The largest absolute Gasteiger partial charge is 0.493 e. The molecule has 0 fully saturated rings. The molecule has 0 aliphatic heterocycles. The van der Waals surface area contributed by atoms with Gasteiger partial charge in [0.2, 0.25) is 17.7 Å². The molecule has 0 bridgehead atoms. The highest BCUT2D eigenvalue weighted by molar-refractivity contribution is 6.30. The Hall–Kier alpha value is -4.17. The van der Waals surface area contributed by atoms with Crippen molar-refractivity contribution in [3.63, 3.8) is 0 Å². The fraction of sp³-hybridized carbons (Fsp3) is 0.154. The maximum absolute atomic E-state index is 12.4. The zero-order valence-corrected chi connectivity index (χ0v) is 19.7. The first kappa shape index (κ1) is 24.0. The minimum absolute atomic E-state index is 0.201. The Morgan fingerprint density at radius 3 is 2.29 bits per heavy atom. The maximum Gasteiger partial charge on any atom is 0.269 e. The van der Waals surface area contributed by atoms with Gasteiger partial charge in [0, 0.05) is 28.1 Å². The van der Waals surface area contributed by atoms with Gasteiger partial charge in [0.25, 0.3) is 5.91 Å². The standard InChI is InChI=1S/C26H23ClN4O4/c1-17-16-21(27)13-14-22(17)34-15-5-8-23(32)28-29-24(33)18-9-11-20(12-10-18)26-31-30-25(35-26)19-6-3-2-4-7-19/h2-4,6-7,9-14,16H,5,8,15H2,1H3,(H,28,32)(H,29,33). The molecule has 178 valence electrons. The lowest BCUT2D eigenvalue weighted by Crippen LogP contribution is -2.41. The van der Waals surface area contributed by atoms with Crippen molar-refractivity contribution < 1.29 is 18.7 Å². The van der Waals surface area contributed by atoms with E-state index in [2.05, 4.69) is 21.0 Å². The SMILES string of the molecule is Cc1cc(Cl)ccc1OCCCC(=O)NNC(=O)c1ccc(-c2nnc(-c3ccccc3)o2)cc1. The van der Waals surface area contributed by atoms with Crippen LogP contribution < -0.4 is 15.6 Å². The van der Waals surface area contributed by atoms with Crippen LogP contribution in [-0.2, 0) is 4.79 Å². The third kappa shape index (κ3) is 6.45. The van der Waals surface area contributed by atoms with Crippen LogP contribution in [0.4, 0.5) is 0 Å². The molecule has 0 saturated carbocycles. The number of benzene rings is 3. The van der Waals surface area contributed by atoms with Crippen LogP contribution in [0.2, 0.25) is 5.02 Å². The number of halogens is 1. The van der Waals surface area contributed by atoms with E-state index in [4.69, 9.17) is 20.8 Å². The number of aryl methyl sites for hydroxylation is 1. The molecule has 0 atom stereocenters. The number of carbonyl (C=O) groups is 2. The molecular formula is C26H23ClN4O4. The Labute approximate surface area is 207 Å². The van der Waals surface area contributed by atoms with E-state index in [-0.39, 0.29) is 12.3 Å². The molecule has 8 nitrogen and oxygen atoms in total. The highest BCUT2D eigenvalue weighted by Gasteiger charge is 2.12. The Kier molecular flexibility index (Phi) is 7.74. The lowest BCUT2D eigenvalue weighted by atomic mass is 10.1. The van der Waals surface area contributed by atoms with Gasteiger partial charge in [0.1, 0.15) is 5.75 Å². The predicted molar refractivity (Wildman–Crippen MR) is 132 cm³/mol. The summed E-state index contributed by atoms with van der Waals surface area (Å²) in [7, 11) is 0. The smallest absolute Gasteiger partial charge is 0.269 e. The van der Waals surface area contributed by atoms with Crippen LogP contribution >= 0.6 is 11.6 Å². The van der Waals surface area contributed by atoms with E-state index < -0.39 is 5.91 Å². The highest BCUT2D eigenvalue weighted by Crippen LogP contribution is 2.24. The molecule has 3 aromatic carbocycles. The van der Waals surface area contributed by atoms with Gasteiger partial charge in [-0.25, -0.2) is 0 Å². The molecule has 2 N–H and O–H groups in total. The van der Waals surface area contributed by atoms with Gasteiger partial charge in [0.15, 0.2) is 0 Å². The maximum atomic E-state index is 12.4. The van der Waals surface area contributed by atoms with Crippen molar-refractivity contribution in [3.8, 4) is 28.7 Å². The number of carbonyl (C=O) groups excluding carboxylic acids is 2. The summed E-state index contributed by atoms with van der Waals surface area (Å²) in [4.78, 5) is 24.4. The van der Waals surface area contributed by atoms with E-state index in [9.17, 15) is 9.59 Å². The molecule has 4 rings (SSSR count). The molecule has 0 radical (unpaired) electrons. The van der Waals surface area contributed by atoms with Crippen molar-refractivity contribution in [1.29, 1.82) is 0 Å². The van der Waals surface area contributed by atoms with Crippen molar-refractivity contribution in [2.24, 2.45) is 0 Å². The quantitative estimate of drug-likeness (QED) is 0.266. The number of hydrogen-bond acceptors (Lipinski definition) is 6. The lowest BCUT2D eigenvalue weighted by molar-refractivity contribution is -0.122. The second-order valence-corrected chi connectivity index (χ2v) is 8.16. The number of ether oxygens (including phenoxy) is 1. The predicted octanol–water partition coefficient (Wildman–Crippen LogP) is 4.99. The second-order valence-electron chi connectivity index (χ2n) is 7.72. The molecule has 0 aliphatic carbocycles. The molecule has 35 heavy (non-hydrogen) atoms. The van der Waals surface area contributed by atoms with E-state index in [0.29, 0.717) is 41.0 Å². The molecule has 0 aliphatic rings. The number of rotatable bonds is 8. The zero-order valence-electron chi connectivity index (χ0n) is 19.0. The fourth-order valence-electron chi connectivity index (χ4n) is 3.25. The van der Waals surface area contributed by atoms with Gasteiger partial charge in [-0.05, 0) is 73.5 Å². The topological polar surface area (TPSA) is 106 Å². The Morgan fingerprint density at radius 1 is 0.914 bits per heavy atom. The van der Waals surface area contributed by atoms with Crippen molar-refractivity contribution in [2.45, 2.75) is 19.8 Å². The average Bonchev–Trinajstić information content (AvgIpc) is 3.37. The first-order chi connectivity index (χ1) is 17.0. The van der Waals surface area contributed by atoms with E-state index in [1.165, 1.54) is 0 Å². The van der Waals surface area contributed by atoms with E-state index in [0.717, 1.165) is 16.9 Å². The highest BCUT2D eigenvalue weighted by atomic mass is 35.5. The second kappa shape index (κ2) is 11.3. The summed E-state index contributed by atoms with van der Waals surface area (Å²) >= 11 is 5.93. The summed E-state index contributed by atoms with van der Waals surface area (Å²) in [6.45, 7) is 2.27. The minimum Gasteiger partial charge on any atom is -0.493 e. The molecule has 1 heterocycles. The number of amides is 2. The van der Waals surface area contributed by atoms with Crippen LogP contribution in [0, 0.1) is 6.92 Å². The molecule has 0 saturated heterocycles. The molecule has 4 aromatic rings. The number of hydrazine groups is 1. The monoisotopic (exact) mass is 490 g/mol. The summed E-state index contributed by atoms with van der Waals surface area (Å²) in [6.07, 6.45) is 0.695. The molecule has 9 heteroatoms. The minimum atomic E-state index is -0.437. The summed E-state index contributed by atoms with van der Waals surface area (Å²) in [5, 5.41) is 8.78. The van der Waals surface area contributed by atoms with Crippen LogP contribution in [0.1, 0.15) is 28.8 Å². The molecule has 1 aromatic heterocycles. The summed E-state index contributed by atoms with van der Waals surface area (Å²) in [5.74, 6) is 0.737. The van der Waals surface area contributed by atoms with Gasteiger partial charge in [-0.15, -0.1) is 10.2 Å². The van der Waals surface area contributed by atoms with E-state index in [1.54, 1.807) is 36.4 Å². The molecule has 2 amide bonds. The van der Waals surface area contributed by atoms with Gasteiger partial charge < -0.3 is 9.15 Å². The zero-order chi connectivity index (χ0) is 24.6. The van der Waals surface area contributed by atoms with Crippen LogP contribution in [0.5, 0.6) is 5.75 Å². The summed E-state index contributed by atoms with van der Waals surface area (Å²) in [6, 6.07) is 21.5. The van der Waals surface area contributed by atoms with E-state index in [1.807, 2.05) is 43.3 Å². The third-order valence-electron chi connectivity index (χ3n) is 5.10. The Morgan fingerprint density at radius 2 is 1.60 bits per heavy atom. The Balaban J connectivity index is 1.22. The van der Waals surface area contributed by atoms with Crippen LogP contribution in [-0.4, -0.2) is 28.6 Å². The van der Waals surface area contributed by atoms with Crippen molar-refractivity contribution in [2.75, 3.05) is 6.61 Å². The third-order valence-corrected chi connectivity index (χ3v) is 5.33. The van der Waals surface area contributed by atoms with Gasteiger partial charge in [-0.2, -0.15) is 0 Å². The number of nitrogens with zero attached hydrogens (tertiary/aromatic N) is 2. The average molecular weight is 491 g/mol. The van der Waals surface area contributed by atoms with Crippen molar-refractivity contribution in [3.05, 3.63) is 88.9 Å². The van der Waals surface area contributed by atoms with E-state index >= 15 is 0 Å². The normalized spacial score (nSPS) is 10.6. The van der Waals surface area contributed by atoms with Gasteiger partial charge in [0.05, 0.1) is 6.61 Å². The van der Waals surface area contributed by atoms with Crippen LogP contribution in [0.25, 0.3) is 22.9 Å². The first-order valence-electron chi connectivity index (χ1n) is 11.0. The fourth-order valence-corrected chi connectivity index (χ4v) is 3.48. The van der Waals surface area contributed by atoms with Gasteiger partial charge in [-0.3, -0.25) is 20.4 Å². The number of nitrogens with one attached hydrogen (secondary N) is 2. The number of aromatic nitrogens is 2. The van der Waals surface area contributed by atoms with Crippen molar-refractivity contribution in [1.82, 2.24) is 21.0 Å². The van der Waals surface area contributed by atoms with Gasteiger partial charge in [-0.1, -0.05) is 29.8 Å². The lowest BCUT2D eigenvalue weighted by Gasteiger charge is -2.10. The summed E-state index contributed by atoms with van der Waals surface area (Å²) < 4.78 is 11.4. The van der Waals surface area contributed by atoms with Crippen LogP contribution in [0.3, 0.4) is 0 Å². The molecule has 0 spiro atoms. The summed E-state index contributed by atoms with van der Waals surface area (Å²) in [5.41, 5.74) is 7.63. The van der Waals surface area contributed by atoms with Crippen molar-refractivity contribution >= 4 is 23.4 Å². The van der Waals surface area contributed by atoms with Gasteiger partial charge >= 0.3 is 0 Å². The Bertz CT molecular complexity index is 1310. The number of hydrogen-bond donors (Lipinski definition) is 2.